The summed E-state index contributed by atoms with van der Waals surface area (Å²) >= 11 is 1.59. The minimum Gasteiger partial charge on any atom is -0.493 e. The predicted molar refractivity (Wildman–Crippen MR) is 89.5 cm³/mol. The highest BCUT2D eigenvalue weighted by molar-refractivity contribution is 7.22. The van der Waals surface area contributed by atoms with Gasteiger partial charge in [0.1, 0.15) is 5.75 Å². The van der Waals surface area contributed by atoms with Gasteiger partial charge < -0.3 is 15.4 Å². The lowest BCUT2D eigenvalue weighted by Gasteiger charge is -2.34. The van der Waals surface area contributed by atoms with Gasteiger partial charge in [-0.2, -0.15) is 0 Å². The number of ether oxygens (including phenoxy) is 1. The molecule has 23 heavy (non-hydrogen) atoms. The summed E-state index contributed by atoms with van der Waals surface area (Å²) in [5.74, 6) is 0.936. The molecule has 0 spiro atoms. The molecule has 7 heteroatoms. The van der Waals surface area contributed by atoms with E-state index < -0.39 is 0 Å². The summed E-state index contributed by atoms with van der Waals surface area (Å²) in [5, 5.41) is 7.38. The van der Waals surface area contributed by atoms with Crippen molar-refractivity contribution in [2.24, 2.45) is 0 Å². The van der Waals surface area contributed by atoms with Gasteiger partial charge >= 0.3 is 6.03 Å². The number of nitrogens with zero attached hydrogens (tertiary/aromatic N) is 2. The summed E-state index contributed by atoms with van der Waals surface area (Å²) in [7, 11) is 0. The largest absolute Gasteiger partial charge is 0.493 e. The van der Waals surface area contributed by atoms with Crippen LogP contribution in [0.1, 0.15) is 18.9 Å². The molecule has 4 heterocycles. The number of aromatic nitrogens is 1. The molecule has 3 atom stereocenters. The van der Waals surface area contributed by atoms with E-state index in [1.165, 1.54) is 5.56 Å². The number of anilines is 1. The summed E-state index contributed by atoms with van der Waals surface area (Å²) in [4.78, 5) is 19.2. The molecule has 5 rings (SSSR count). The summed E-state index contributed by atoms with van der Waals surface area (Å²) < 4.78 is 6.75. The number of thiazole rings is 1. The van der Waals surface area contributed by atoms with Gasteiger partial charge in [-0.25, -0.2) is 9.78 Å². The first kappa shape index (κ1) is 13.6. The molecule has 2 N–H and O–H groups in total. The molecule has 0 radical (unpaired) electrons. The van der Waals surface area contributed by atoms with E-state index >= 15 is 0 Å². The fourth-order valence-electron chi connectivity index (χ4n) is 4.01. The van der Waals surface area contributed by atoms with E-state index in [0.717, 1.165) is 47.1 Å². The highest BCUT2D eigenvalue weighted by Crippen LogP contribution is 2.39. The van der Waals surface area contributed by atoms with Crippen molar-refractivity contribution in [3.63, 3.8) is 0 Å². The Balaban J connectivity index is 1.61. The van der Waals surface area contributed by atoms with Gasteiger partial charge in [0, 0.05) is 18.0 Å². The number of rotatable bonds is 1. The van der Waals surface area contributed by atoms with Crippen LogP contribution in [0.4, 0.5) is 9.93 Å². The van der Waals surface area contributed by atoms with E-state index in [0.29, 0.717) is 0 Å². The van der Waals surface area contributed by atoms with Gasteiger partial charge in [0.2, 0.25) is 0 Å². The normalized spacial score (nSPS) is 29.3. The van der Waals surface area contributed by atoms with Crippen molar-refractivity contribution in [3.05, 3.63) is 17.7 Å². The zero-order valence-electron chi connectivity index (χ0n) is 12.8. The first-order valence-corrected chi connectivity index (χ1v) is 8.92. The zero-order valence-corrected chi connectivity index (χ0v) is 13.7. The fourth-order valence-corrected chi connectivity index (χ4v) is 5.04. The van der Waals surface area contributed by atoms with Crippen LogP contribution >= 0.6 is 11.3 Å². The summed E-state index contributed by atoms with van der Waals surface area (Å²) in [6.07, 6.45) is 1.86. The molecule has 0 aliphatic carbocycles. The van der Waals surface area contributed by atoms with Crippen LogP contribution in [0, 0.1) is 0 Å². The topological polar surface area (TPSA) is 66.5 Å². The number of fused-ring (bicyclic) bond motifs is 4. The number of nitrogens with one attached hydrogen (secondary N) is 2. The van der Waals surface area contributed by atoms with Crippen molar-refractivity contribution in [2.45, 2.75) is 37.9 Å². The predicted octanol–water partition coefficient (Wildman–Crippen LogP) is 1.88. The number of piperidine rings is 1. The minimum atomic E-state index is -0.0255. The Hall–Kier alpha value is -1.86. The maximum Gasteiger partial charge on any atom is 0.324 e. The van der Waals surface area contributed by atoms with E-state index in [9.17, 15) is 4.79 Å². The third kappa shape index (κ3) is 1.89. The Morgan fingerprint density at radius 2 is 2.35 bits per heavy atom. The Morgan fingerprint density at radius 3 is 3.26 bits per heavy atom. The van der Waals surface area contributed by atoms with Crippen molar-refractivity contribution >= 4 is 32.7 Å². The van der Waals surface area contributed by atoms with Crippen molar-refractivity contribution in [1.82, 2.24) is 15.6 Å². The van der Waals surface area contributed by atoms with Crippen LogP contribution < -0.4 is 20.3 Å². The van der Waals surface area contributed by atoms with E-state index in [-0.39, 0.29) is 24.2 Å². The summed E-state index contributed by atoms with van der Waals surface area (Å²) in [6, 6.07) is 4.64. The quantitative estimate of drug-likeness (QED) is 0.838. The standard InChI is InChI=1S/C16H18N4O2S/c1-8-14-10(4-6-17-8)18-15(21)20(14)16-19-13-9-5-7-22-11(9)2-3-12(13)23-16/h2-3,8,10,14,17H,4-7H2,1H3,(H,18,21)/t8-,10-,14+/m0/s1. The third-order valence-corrected chi connectivity index (χ3v) is 6.12. The summed E-state index contributed by atoms with van der Waals surface area (Å²) in [6.45, 7) is 3.81. The first-order chi connectivity index (χ1) is 11.2. The number of benzene rings is 1. The highest BCUT2D eigenvalue weighted by atomic mass is 32.1. The van der Waals surface area contributed by atoms with Crippen LogP contribution in [0.25, 0.3) is 10.2 Å². The van der Waals surface area contributed by atoms with Crippen LogP contribution in [-0.4, -0.2) is 42.3 Å². The molecule has 0 saturated carbocycles. The van der Waals surface area contributed by atoms with Gasteiger partial charge in [0.25, 0.3) is 0 Å². The molecule has 3 aliphatic rings. The lowest BCUT2D eigenvalue weighted by atomic mass is 9.95. The molecule has 0 unspecified atom stereocenters. The molecule has 2 saturated heterocycles. The van der Waals surface area contributed by atoms with Crippen molar-refractivity contribution in [3.8, 4) is 5.75 Å². The van der Waals surface area contributed by atoms with Crippen molar-refractivity contribution in [1.29, 1.82) is 0 Å². The first-order valence-electron chi connectivity index (χ1n) is 8.11. The van der Waals surface area contributed by atoms with Gasteiger partial charge in [-0.05, 0) is 32.0 Å². The lowest BCUT2D eigenvalue weighted by molar-refractivity contribution is 0.250. The molecule has 1 aromatic heterocycles. The van der Waals surface area contributed by atoms with Crippen LogP contribution in [0.15, 0.2) is 12.1 Å². The molecule has 2 amide bonds. The van der Waals surface area contributed by atoms with Crippen molar-refractivity contribution in [2.75, 3.05) is 18.1 Å². The number of carbonyl (C=O) groups is 1. The van der Waals surface area contributed by atoms with Gasteiger partial charge in [0.05, 0.1) is 28.9 Å². The van der Waals surface area contributed by atoms with Gasteiger partial charge in [-0.1, -0.05) is 11.3 Å². The second-order valence-electron chi connectivity index (χ2n) is 6.43. The lowest BCUT2D eigenvalue weighted by Crippen LogP contribution is -2.55. The van der Waals surface area contributed by atoms with E-state index in [4.69, 9.17) is 9.72 Å². The Labute approximate surface area is 137 Å². The highest BCUT2D eigenvalue weighted by Gasteiger charge is 2.46. The number of amides is 2. The van der Waals surface area contributed by atoms with Crippen LogP contribution in [0.3, 0.4) is 0 Å². The van der Waals surface area contributed by atoms with Crippen LogP contribution in [-0.2, 0) is 6.42 Å². The molecule has 6 nitrogen and oxygen atoms in total. The van der Waals surface area contributed by atoms with Gasteiger partial charge in [-0.3, -0.25) is 4.90 Å². The third-order valence-electron chi connectivity index (χ3n) is 5.10. The summed E-state index contributed by atoms with van der Waals surface area (Å²) in [5.41, 5.74) is 2.17. The fraction of sp³-hybridized carbons (Fsp3) is 0.500. The molecular formula is C16H18N4O2S. The second kappa shape index (κ2) is 4.82. The van der Waals surface area contributed by atoms with Crippen LogP contribution in [0.2, 0.25) is 0 Å². The SMILES string of the molecule is C[C@@H]1NCC[C@@H]2NC(=O)N(c3nc4c5c(ccc4s3)OCC5)[C@H]12. The number of urea groups is 1. The molecular weight excluding hydrogens is 312 g/mol. The van der Waals surface area contributed by atoms with Crippen LogP contribution in [0.5, 0.6) is 5.75 Å². The average Bonchev–Trinajstić information content (AvgIpc) is 3.20. The molecule has 1 aromatic carbocycles. The maximum absolute atomic E-state index is 12.5. The molecule has 0 bridgehead atoms. The average molecular weight is 330 g/mol. The van der Waals surface area contributed by atoms with E-state index in [2.05, 4.69) is 23.6 Å². The minimum absolute atomic E-state index is 0.0255. The molecule has 3 aliphatic heterocycles. The monoisotopic (exact) mass is 330 g/mol. The maximum atomic E-state index is 12.5. The van der Waals surface area contributed by atoms with Crippen molar-refractivity contribution < 1.29 is 9.53 Å². The molecule has 2 aromatic rings. The van der Waals surface area contributed by atoms with E-state index in [1.807, 2.05) is 11.0 Å². The smallest absolute Gasteiger partial charge is 0.324 e. The molecule has 2 fully saturated rings. The van der Waals surface area contributed by atoms with Gasteiger partial charge in [0.15, 0.2) is 5.13 Å². The Morgan fingerprint density at radius 1 is 1.43 bits per heavy atom. The number of hydrogen-bond acceptors (Lipinski definition) is 5. The number of hydrogen-bond donors (Lipinski definition) is 2. The zero-order chi connectivity index (χ0) is 15.6. The van der Waals surface area contributed by atoms with Gasteiger partial charge in [-0.15, -0.1) is 0 Å². The Bertz CT molecular complexity index is 805. The Kier molecular flexibility index (Phi) is 2.84. The molecule has 120 valence electrons. The number of carbonyl (C=O) groups excluding carboxylic acids is 1. The second-order valence-corrected chi connectivity index (χ2v) is 7.44. The van der Waals surface area contributed by atoms with E-state index in [1.54, 1.807) is 11.3 Å².